The second-order valence-electron chi connectivity index (χ2n) is 21.4. The predicted octanol–water partition coefficient (Wildman–Crippen LogP) is 19.2. The van der Waals surface area contributed by atoms with Crippen molar-refractivity contribution in [1.82, 2.24) is 0 Å². The minimum absolute atomic E-state index is 0.370. The van der Waals surface area contributed by atoms with Crippen molar-refractivity contribution in [3.63, 3.8) is 0 Å². The molecule has 1 atom stereocenters. The maximum Gasteiger partial charge on any atom is 0.416 e. The molecule has 0 aliphatic rings. The number of rotatable bonds is 12. The summed E-state index contributed by atoms with van der Waals surface area (Å²) in [6.07, 6.45) is -54.8. The van der Waals surface area contributed by atoms with Gasteiger partial charge in [0.05, 0.1) is 44.5 Å². The number of hydrogen-bond donors (Lipinski definition) is 0. The minimum Gasteiger partial charge on any atom is -0.363 e. The fourth-order valence-corrected chi connectivity index (χ4v) is 12.3. The summed E-state index contributed by atoms with van der Waals surface area (Å²) in [5, 5.41) is 3.15. The second-order valence-corrected chi connectivity index (χ2v) is 23.8. The number of halogens is 24. The van der Waals surface area contributed by atoms with Crippen LogP contribution in [0.15, 0.2) is 223 Å². The van der Waals surface area contributed by atoms with Crippen molar-refractivity contribution in [3.8, 4) is 11.2 Å². The van der Waals surface area contributed by atoms with Gasteiger partial charge in [-0.05, 0) is 77.7 Å². The lowest BCUT2D eigenvalue weighted by molar-refractivity contribution is -0.144. The van der Waals surface area contributed by atoms with Gasteiger partial charge in [0, 0.05) is 29.9 Å². The van der Waals surface area contributed by atoms with Crippen LogP contribution in [0.3, 0.4) is 0 Å². The SMILES string of the molecule is FC(F)(F)c1cc([B-](c2cc(C(F)(F)F)cc(C(F)(F)F)c2)(c2cc(C(F)(F)F)cc(C(F)(F)F)c2)c2cc(C(F)(F)F)cc(C(F)(F)F)c2)cc(C(F)(F)F)c1.O=[S+](C#Cc1ccccc1)(Cc1ccc(N(Cc2ccccc2)Cc2ccccc2)cc1)c1ccccc1. The number of benzene rings is 9. The average Bonchev–Trinajstić information content (AvgIpc) is 0.708. The van der Waals surface area contributed by atoms with E-state index in [1.54, 1.807) is 0 Å². The molecule has 9 rings (SSSR count). The molecule has 1 unspecified atom stereocenters. The fraction of sp³-hybridized carbons (Fsp3) is 0.164. The van der Waals surface area contributed by atoms with Crippen molar-refractivity contribution in [2.45, 2.75) is 73.1 Å². The van der Waals surface area contributed by atoms with E-state index in [9.17, 15) is 110 Å². The summed E-state index contributed by atoms with van der Waals surface area (Å²) in [6, 6.07) is 40.0. The third kappa shape index (κ3) is 17.6. The molecule has 0 bridgehead atoms. The van der Waals surface area contributed by atoms with Gasteiger partial charge in [0.1, 0.15) is 6.15 Å². The summed E-state index contributed by atoms with van der Waals surface area (Å²) in [4.78, 5) is 3.14. The van der Waals surface area contributed by atoms with Gasteiger partial charge in [-0.25, -0.2) is 0 Å². The van der Waals surface area contributed by atoms with Gasteiger partial charge < -0.3 is 4.90 Å². The van der Waals surface area contributed by atoms with Gasteiger partial charge in [0.15, 0.2) is 25.8 Å². The zero-order valence-corrected chi connectivity index (χ0v) is 48.6. The van der Waals surface area contributed by atoms with E-state index in [0.717, 1.165) is 34.8 Å². The lowest BCUT2D eigenvalue weighted by Crippen LogP contribution is -2.75. The zero-order valence-electron chi connectivity index (χ0n) is 47.8. The minimum atomic E-state index is -6.13. The highest BCUT2D eigenvalue weighted by atomic mass is 32.2. The maximum absolute atomic E-state index is 14.2. The van der Waals surface area contributed by atoms with Crippen LogP contribution < -0.4 is 26.8 Å². The van der Waals surface area contributed by atoms with Crippen molar-refractivity contribution in [2.75, 3.05) is 4.90 Å². The third-order valence-corrected chi connectivity index (χ3v) is 17.0. The number of nitrogens with zero attached hydrogens (tertiary/aromatic N) is 1. The van der Waals surface area contributed by atoms with Crippen molar-refractivity contribution in [3.05, 3.63) is 285 Å². The van der Waals surface area contributed by atoms with Gasteiger partial charge in [-0.2, -0.15) is 127 Å². The number of anilines is 1. The first-order chi connectivity index (χ1) is 43.9. The van der Waals surface area contributed by atoms with Gasteiger partial charge in [0.2, 0.25) is 0 Å². The summed E-state index contributed by atoms with van der Waals surface area (Å²) < 4.78 is 355. The molecule has 95 heavy (non-hydrogen) atoms. The summed E-state index contributed by atoms with van der Waals surface area (Å²) in [7, 11) is -2.62. The molecule has 9 aromatic rings. The highest BCUT2D eigenvalue weighted by Crippen LogP contribution is 2.42. The smallest absolute Gasteiger partial charge is 0.363 e. The monoisotopic (exact) mass is 1380 g/mol. The molecule has 0 aromatic heterocycles. The summed E-state index contributed by atoms with van der Waals surface area (Å²) in [5.74, 6) is 3.52. The molecule has 0 N–H and O–H groups in total. The Labute approximate surface area is 525 Å². The highest BCUT2D eigenvalue weighted by molar-refractivity contribution is 8.06. The van der Waals surface area contributed by atoms with E-state index in [1.807, 2.05) is 72.8 Å². The topological polar surface area (TPSA) is 20.3 Å². The Morgan fingerprint density at radius 3 is 0.821 bits per heavy atom. The summed E-state index contributed by atoms with van der Waals surface area (Å²) in [5.41, 5.74) is -24.7. The van der Waals surface area contributed by atoms with Crippen molar-refractivity contribution < 1.29 is 110 Å². The van der Waals surface area contributed by atoms with Crippen molar-refractivity contribution >= 4 is 43.6 Å². The van der Waals surface area contributed by atoms with Crippen molar-refractivity contribution in [1.29, 1.82) is 0 Å². The van der Waals surface area contributed by atoms with Gasteiger partial charge in [-0.1, -0.05) is 162 Å². The molecule has 0 aliphatic carbocycles. The average molecular weight is 1380 g/mol. The van der Waals surface area contributed by atoms with Crippen LogP contribution in [0.1, 0.15) is 66.8 Å². The first kappa shape index (κ1) is 71.7. The first-order valence-corrected chi connectivity index (χ1v) is 29.1. The summed E-state index contributed by atoms with van der Waals surface area (Å²) in [6.45, 7) is 1.61. The highest BCUT2D eigenvalue weighted by Gasteiger charge is 2.47. The molecule has 2 nitrogen and oxygen atoms in total. The van der Waals surface area contributed by atoms with Crippen LogP contribution in [0, 0.1) is 11.2 Å². The molecular formula is C67H42BF24NOS. The van der Waals surface area contributed by atoms with E-state index in [4.69, 9.17) is 0 Å². The molecule has 0 aliphatic heterocycles. The zero-order chi connectivity index (χ0) is 70.0. The molecule has 0 radical (unpaired) electrons. The Kier molecular flexibility index (Phi) is 20.3. The Hall–Kier alpha value is -9.13. The normalized spacial score (nSPS) is 13.4. The van der Waals surface area contributed by atoms with Crippen LogP contribution in [0.5, 0.6) is 0 Å². The Morgan fingerprint density at radius 2 is 0.558 bits per heavy atom. The molecule has 0 saturated heterocycles. The molecule has 9 aromatic carbocycles. The molecule has 0 saturated carbocycles. The molecule has 28 heteroatoms. The lowest BCUT2D eigenvalue weighted by atomic mass is 9.12. The predicted molar refractivity (Wildman–Crippen MR) is 309 cm³/mol. The van der Waals surface area contributed by atoms with E-state index in [0.29, 0.717) is 5.75 Å². The van der Waals surface area contributed by atoms with E-state index in [2.05, 4.69) is 88.9 Å². The van der Waals surface area contributed by atoms with Crippen LogP contribution in [-0.2, 0) is 82.4 Å². The Balaban J connectivity index is 0.000000262. The largest absolute Gasteiger partial charge is 0.416 e. The quantitative estimate of drug-likeness (QED) is 0.0526. The number of hydrogen-bond acceptors (Lipinski definition) is 2. The third-order valence-electron chi connectivity index (χ3n) is 14.8. The van der Waals surface area contributed by atoms with Crippen LogP contribution >= 0.6 is 0 Å². The Morgan fingerprint density at radius 1 is 0.305 bits per heavy atom. The van der Waals surface area contributed by atoms with E-state index < -0.39 is 205 Å². The molecular weight excluding hydrogens is 1330 g/mol. The van der Waals surface area contributed by atoms with E-state index in [1.165, 1.54) is 11.1 Å². The van der Waals surface area contributed by atoms with E-state index >= 15 is 0 Å². The maximum atomic E-state index is 14.2. The van der Waals surface area contributed by atoms with Crippen LogP contribution in [0.2, 0.25) is 0 Å². The first-order valence-electron chi connectivity index (χ1n) is 27.4. The molecule has 0 heterocycles. The molecule has 0 spiro atoms. The molecule has 0 amide bonds. The second kappa shape index (κ2) is 26.9. The van der Waals surface area contributed by atoms with Gasteiger partial charge in [-0.3, -0.25) is 0 Å². The van der Waals surface area contributed by atoms with Crippen LogP contribution in [-0.4, -0.2) is 6.15 Å². The van der Waals surface area contributed by atoms with Gasteiger partial charge in [0.25, 0.3) is 0 Å². The van der Waals surface area contributed by atoms with Gasteiger partial charge >= 0.3 is 49.4 Å². The standard InChI is InChI=1S/C35H30NOS.C32H12BF24/c37-38(35-19-11-4-12-20-35,26-25-30-13-5-1-6-14-30)29-33-21-23-34(24-22-33)36(27-31-15-7-2-8-16-31)28-32-17-9-3-10-18-32;34-25(35,36)13-1-14(26(37,38)39)6-21(5-13)33(22-7-15(27(40,41)42)2-16(8-22)28(43,44)45,23-9-17(29(46,47)48)3-18(10-23)30(49,50)51)24-11-19(31(52,53)54)4-20(12-24)32(55,56)57/h1-24H,27-29H2;1-12H/q+1;-1. The van der Waals surface area contributed by atoms with Crippen LogP contribution in [0.25, 0.3) is 0 Å². The number of alkyl halides is 24. The van der Waals surface area contributed by atoms with Gasteiger partial charge in [-0.15, -0.1) is 0 Å². The fourth-order valence-electron chi connectivity index (χ4n) is 10.4. The van der Waals surface area contributed by atoms with Crippen molar-refractivity contribution in [2.24, 2.45) is 0 Å². The van der Waals surface area contributed by atoms with E-state index in [-0.39, 0.29) is 0 Å². The Bertz CT molecular complexity index is 3760. The molecule has 0 fully saturated rings. The summed E-state index contributed by atoms with van der Waals surface area (Å²) >= 11 is 0. The van der Waals surface area contributed by atoms with Crippen LogP contribution in [0.4, 0.5) is 111 Å². The lowest BCUT2D eigenvalue weighted by Gasteiger charge is -2.46. The molecule has 498 valence electrons.